The van der Waals surface area contributed by atoms with Crippen molar-refractivity contribution in [3.05, 3.63) is 77.9 Å². The van der Waals surface area contributed by atoms with Gasteiger partial charge in [-0.05, 0) is 56.5 Å². The summed E-state index contributed by atoms with van der Waals surface area (Å²) in [6.07, 6.45) is 11.8. The highest BCUT2D eigenvalue weighted by molar-refractivity contribution is 5.76. The van der Waals surface area contributed by atoms with Crippen molar-refractivity contribution in [2.45, 2.75) is 44.2 Å². The first-order chi connectivity index (χ1) is 16.6. The quantitative estimate of drug-likeness (QED) is 0.545. The highest BCUT2D eigenvalue weighted by atomic mass is 19.1. The van der Waals surface area contributed by atoms with Crippen LogP contribution in [-0.4, -0.2) is 54.3 Å². The highest BCUT2D eigenvalue weighted by Gasteiger charge is 2.31. The van der Waals surface area contributed by atoms with E-state index in [2.05, 4.69) is 16.3 Å². The Morgan fingerprint density at radius 2 is 2.06 bits per heavy atom. The van der Waals surface area contributed by atoms with Crippen LogP contribution >= 0.6 is 0 Å². The molecule has 0 radical (unpaired) electrons. The Bertz CT molecular complexity index is 981. The molecule has 2 heterocycles. The lowest BCUT2D eigenvalue weighted by atomic mass is 10.0. The van der Waals surface area contributed by atoms with Crippen LogP contribution in [0.4, 0.5) is 4.39 Å². The van der Waals surface area contributed by atoms with Gasteiger partial charge in [0.05, 0.1) is 19.1 Å². The number of hydrogen-bond acceptors (Lipinski definition) is 6. The van der Waals surface area contributed by atoms with E-state index in [0.717, 1.165) is 44.3 Å². The van der Waals surface area contributed by atoms with Crippen LogP contribution in [0.3, 0.4) is 0 Å². The molecule has 182 valence electrons. The van der Waals surface area contributed by atoms with Crippen molar-refractivity contribution in [3.63, 3.8) is 0 Å². The Labute approximate surface area is 199 Å². The molecule has 0 unspecified atom stereocenters. The first-order valence-electron chi connectivity index (χ1n) is 11.8. The topological polar surface area (TPSA) is 80.3 Å². The number of likely N-dealkylation sites (tertiary alicyclic amines) is 1. The number of ether oxygens (including phenoxy) is 3. The lowest BCUT2D eigenvalue weighted by Crippen LogP contribution is -2.51. The van der Waals surface area contributed by atoms with Crippen molar-refractivity contribution in [1.82, 2.24) is 10.2 Å². The smallest absolute Gasteiger partial charge is 0.223 e. The molecule has 34 heavy (non-hydrogen) atoms. The van der Waals surface area contributed by atoms with Gasteiger partial charge in [-0.15, -0.1) is 0 Å². The molecule has 1 fully saturated rings. The third-order valence-corrected chi connectivity index (χ3v) is 6.01. The summed E-state index contributed by atoms with van der Waals surface area (Å²) in [5.74, 6) is 0.144. The maximum absolute atomic E-state index is 13.7. The average Bonchev–Trinajstić information content (AvgIpc) is 3.38. The zero-order chi connectivity index (χ0) is 23.8. The van der Waals surface area contributed by atoms with Crippen molar-refractivity contribution in [3.8, 4) is 5.75 Å². The first-order valence-corrected chi connectivity index (χ1v) is 11.8. The van der Waals surface area contributed by atoms with Crippen LogP contribution in [0, 0.1) is 5.82 Å². The predicted octanol–water partition coefficient (Wildman–Crippen LogP) is 3.54. The minimum absolute atomic E-state index is 0.0240. The number of benzene rings is 1. The maximum atomic E-state index is 13.7. The van der Waals surface area contributed by atoms with Crippen molar-refractivity contribution in [2.24, 2.45) is 0 Å². The largest absolute Gasteiger partial charge is 0.490 e. The number of carbonyl (C=O) groups is 1. The summed E-state index contributed by atoms with van der Waals surface area (Å²) in [6.45, 7) is 2.33. The third-order valence-electron chi connectivity index (χ3n) is 6.01. The molecule has 0 aromatic heterocycles. The Morgan fingerprint density at radius 3 is 2.82 bits per heavy atom. The monoisotopic (exact) mass is 470 g/mol. The fourth-order valence-electron chi connectivity index (χ4n) is 4.18. The van der Waals surface area contributed by atoms with Crippen LogP contribution in [0.1, 0.15) is 32.1 Å². The molecule has 1 aliphatic carbocycles. The lowest BCUT2D eigenvalue weighted by molar-refractivity contribution is -0.123. The van der Waals surface area contributed by atoms with E-state index in [1.54, 1.807) is 12.1 Å². The molecule has 2 N–H and O–H groups in total. The number of aliphatic hydroxyl groups excluding tert-OH is 1. The molecule has 3 aliphatic rings. The number of nitrogens with zero attached hydrogens (tertiary/aromatic N) is 1. The van der Waals surface area contributed by atoms with Gasteiger partial charge in [0, 0.05) is 6.54 Å². The Morgan fingerprint density at radius 1 is 1.24 bits per heavy atom. The molecule has 0 saturated carbocycles. The van der Waals surface area contributed by atoms with Crippen LogP contribution < -0.4 is 10.1 Å². The fourth-order valence-corrected chi connectivity index (χ4v) is 4.18. The van der Waals surface area contributed by atoms with E-state index in [4.69, 9.17) is 14.2 Å². The number of aliphatic hydroxyl groups is 1. The second kappa shape index (κ2) is 11.9. The van der Waals surface area contributed by atoms with Crippen molar-refractivity contribution in [2.75, 3.05) is 26.2 Å². The summed E-state index contributed by atoms with van der Waals surface area (Å²) >= 11 is 0. The van der Waals surface area contributed by atoms with E-state index in [-0.39, 0.29) is 30.4 Å². The molecule has 1 aromatic carbocycles. The van der Waals surface area contributed by atoms with Crippen molar-refractivity contribution in [1.29, 1.82) is 0 Å². The van der Waals surface area contributed by atoms with Crippen LogP contribution in [0.25, 0.3) is 0 Å². The summed E-state index contributed by atoms with van der Waals surface area (Å²) in [5, 5.41) is 14.1. The van der Waals surface area contributed by atoms with Gasteiger partial charge in [-0.1, -0.05) is 30.4 Å². The Balaban J connectivity index is 1.36. The molecule has 1 aromatic rings. The number of allylic oxidation sites excluding steroid dienone is 4. The molecule has 2 aliphatic heterocycles. The van der Waals surface area contributed by atoms with E-state index in [1.165, 1.54) is 24.7 Å². The second-order valence-electron chi connectivity index (χ2n) is 8.55. The van der Waals surface area contributed by atoms with Crippen molar-refractivity contribution >= 4 is 5.91 Å². The molecule has 1 amide bonds. The van der Waals surface area contributed by atoms with E-state index in [0.29, 0.717) is 12.3 Å². The average molecular weight is 471 g/mol. The standard InChI is InChI=1S/C26H31FN2O5/c27-20-10-4-5-11-22(20)33-15-12-25(30)28-21(16-29-13-6-7-14-29)26(31)24-18-32-17-23(34-24)19-8-2-1-3-9-19/h1-2,4-5,8,10-11,17-18,21,26,31H,3,6-7,9,12-16H2,(H,28,30)/t21-,26-/m1/s1. The summed E-state index contributed by atoms with van der Waals surface area (Å²) in [6, 6.07) is 5.47. The van der Waals surface area contributed by atoms with Gasteiger partial charge in [-0.25, -0.2) is 4.39 Å². The van der Waals surface area contributed by atoms with E-state index in [1.807, 2.05) is 12.2 Å². The number of hydrogen-bond donors (Lipinski definition) is 2. The number of halogens is 1. The van der Waals surface area contributed by atoms with Gasteiger partial charge in [0.2, 0.25) is 5.91 Å². The number of carbonyl (C=O) groups excluding carboxylic acids is 1. The normalized spacial score (nSPS) is 19.8. The summed E-state index contributed by atoms with van der Waals surface area (Å²) in [7, 11) is 0. The first kappa shape index (κ1) is 24.0. The van der Waals surface area contributed by atoms with Gasteiger partial charge < -0.3 is 29.5 Å². The minimum Gasteiger partial charge on any atom is -0.490 e. The van der Waals surface area contributed by atoms with Gasteiger partial charge >= 0.3 is 0 Å². The molecular formula is C26H31FN2O5. The summed E-state index contributed by atoms with van der Waals surface area (Å²) in [5.41, 5.74) is 0.991. The molecule has 7 nitrogen and oxygen atoms in total. The molecule has 8 heteroatoms. The second-order valence-corrected chi connectivity index (χ2v) is 8.55. The summed E-state index contributed by atoms with van der Waals surface area (Å²) in [4.78, 5) is 14.9. The molecule has 0 bridgehead atoms. The van der Waals surface area contributed by atoms with E-state index < -0.39 is 18.0 Å². The van der Waals surface area contributed by atoms with E-state index in [9.17, 15) is 14.3 Å². The maximum Gasteiger partial charge on any atom is 0.223 e. The highest BCUT2D eigenvalue weighted by Crippen LogP contribution is 2.28. The summed E-state index contributed by atoms with van der Waals surface area (Å²) < 4.78 is 30.6. The van der Waals surface area contributed by atoms with Crippen LogP contribution in [0.15, 0.2) is 72.1 Å². The number of para-hydroxylation sites is 1. The zero-order valence-corrected chi connectivity index (χ0v) is 19.1. The van der Waals surface area contributed by atoms with Crippen molar-refractivity contribution < 1.29 is 28.5 Å². The Hall–Kier alpha value is -3.10. The lowest BCUT2D eigenvalue weighted by Gasteiger charge is -2.30. The van der Waals surface area contributed by atoms with Crippen LogP contribution in [0.5, 0.6) is 5.75 Å². The van der Waals surface area contributed by atoms with Gasteiger partial charge in [0.1, 0.15) is 18.6 Å². The third kappa shape index (κ3) is 6.48. The minimum atomic E-state index is -1.10. The zero-order valence-electron chi connectivity index (χ0n) is 19.1. The SMILES string of the molecule is O=C(CCOc1ccccc1F)N[C@H](CN1CCCC1)[C@@H](O)C1=COC=C(C2=CC=CCC2)O1. The van der Waals surface area contributed by atoms with Crippen LogP contribution in [-0.2, 0) is 14.3 Å². The molecule has 2 atom stereocenters. The van der Waals surface area contributed by atoms with E-state index >= 15 is 0 Å². The number of amides is 1. The predicted molar refractivity (Wildman–Crippen MR) is 125 cm³/mol. The van der Waals surface area contributed by atoms with Gasteiger partial charge in [0.15, 0.2) is 23.1 Å². The molecule has 4 rings (SSSR count). The Kier molecular flexibility index (Phi) is 8.38. The van der Waals surface area contributed by atoms with Gasteiger partial charge in [0.25, 0.3) is 0 Å². The molecule has 1 saturated heterocycles. The van der Waals surface area contributed by atoms with Gasteiger partial charge in [-0.2, -0.15) is 0 Å². The van der Waals surface area contributed by atoms with Crippen LogP contribution in [0.2, 0.25) is 0 Å². The fraction of sp³-hybridized carbons (Fsp3) is 0.423. The number of rotatable bonds is 10. The molecule has 0 spiro atoms. The number of nitrogens with one attached hydrogen (secondary N) is 1. The van der Waals surface area contributed by atoms with Gasteiger partial charge in [-0.3, -0.25) is 4.79 Å². The molecular weight excluding hydrogens is 439 g/mol.